The van der Waals surface area contributed by atoms with E-state index in [1.54, 1.807) is 7.11 Å². The Kier molecular flexibility index (Phi) is 4.22. The van der Waals surface area contributed by atoms with Crippen molar-refractivity contribution >= 4 is 5.91 Å². The lowest BCUT2D eigenvalue weighted by Crippen LogP contribution is -2.61. The third-order valence-electron chi connectivity index (χ3n) is 4.08. The molecule has 0 heterocycles. The summed E-state index contributed by atoms with van der Waals surface area (Å²) in [6.07, 6.45) is 2.42. The van der Waals surface area contributed by atoms with Gasteiger partial charge >= 0.3 is 0 Å². The molecule has 0 aromatic heterocycles. The van der Waals surface area contributed by atoms with E-state index in [-0.39, 0.29) is 18.1 Å². The summed E-state index contributed by atoms with van der Waals surface area (Å²) >= 11 is 0. The summed E-state index contributed by atoms with van der Waals surface area (Å²) in [7, 11) is 1.64. The standard InChI is InChI=1S/C15H22N2O2/c1-11(12-7-4-3-5-8-12)17-15(14(16)18)10-6-9-13(15)19-2/h3-5,7-8,11,13,17H,6,9-10H2,1-2H3,(H2,16,18)/t11-,13-,15-/m0/s1. The van der Waals surface area contributed by atoms with Crippen LogP contribution in [0.2, 0.25) is 0 Å². The van der Waals surface area contributed by atoms with Gasteiger partial charge in [0.05, 0.1) is 6.10 Å². The molecule has 1 amide bonds. The highest BCUT2D eigenvalue weighted by molar-refractivity contribution is 5.86. The highest BCUT2D eigenvalue weighted by Crippen LogP contribution is 2.34. The zero-order valence-corrected chi connectivity index (χ0v) is 11.6. The Hall–Kier alpha value is -1.39. The largest absolute Gasteiger partial charge is 0.379 e. The van der Waals surface area contributed by atoms with Crippen LogP contribution in [0, 0.1) is 0 Å². The molecule has 1 aliphatic carbocycles. The second-order valence-electron chi connectivity index (χ2n) is 5.23. The molecule has 3 N–H and O–H groups in total. The molecule has 3 atom stereocenters. The number of ether oxygens (including phenoxy) is 1. The topological polar surface area (TPSA) is 64.3 Å². The molecule has 1 aromatic rings. The molecule has 19 heavy (non-hydrogen) atoms. The van der Waals surface area contributed by atoms with Gasteiger partial charge in [-0.1, -0.05) is 30.3 Å². The van der Waals surface area contributed by atoms with Crippen molar-refractivity contribution in [3.05, 3.63) is 35.9 Å². The molecule has 2 rings (SSSR count). The number of rotatable bonds is 5. The van der Waals surface area contributed by atoms with E-state index in [9.17, 15) is 4.79 Å². The number of amides is 1. The van der Waals surface area contributed by atoms with Crippen LogP contribution in [0.4, 0.5) is 0 Å². The first-order valence-electron chi connectivity index (χ1n) is 6.75. The fourth-order valence-electron chi connectivity index (χ4n) is 3.02. The van der Waals surface area contributed by atoms with Gasteiger partial charge < -0.3 is 10.5 Å². The van der Waals surface area contributed by atoms with Crippen molar-refractivity contribution in [1.82, 2.24) is 5.32 Å². The van der Waals surface area contributed by atoms with Gasteiger partial charge in [0.2, 0.25) is 5.91 Å². The van der Waals surface area contributed by atoms with Crippen molar-refractivity contribution in [3.63, 3.8) is 0 Å². The average Bonchev–Trinajstić information content (AvgIpc) is 2.83. The highest BCUT2D eigenvalue weighted by Gasteiger charge is 2.48. The molecular formula is C15H22N2O2. The molecule has 1 saturated carbocycles. The maximum atomic E-state index is 11.9. The van der Waals surface area contributed by atoms with Crippen molar-refractivity contribution in [2.75, 3.05) is 7.11 Å². The van der Waals surface area contributed by atoms with Crippen molar-refractivity contribution in [1.29, 1.82) is 0 Å². The average molecular weight is 262 g/mol. The number of hydrogen-bond donors (Lipinski definition) is 2. The van der Waals surface area contributed by atoms with Gasteiger partial charge in [-0.15, -0.1) is 0 Å². The van der Waals surface area contributed by atoms with Crippen molar-refractivity contribution in [3.8, 4) is 0 Å². The first-order chi connectivity index (χ1) is 9.10. The molecule has 0 radical (unpaired) electrons. The van der Waals surface area contributed by atoms with Crippen molar-refractivity contribution in [2.45, 2.75) is 43.9 Å². The third-order valence-corrected chi connectivity index (χ3v) is 4.08. The van der Waals surface area contributed by atoms with Gasteiger partial charge in [-0.2, -0.15) is 0 Å². The number of methoxy groups -OCH3 is 1. The van der Waals surface area contributed by atoms with Gasteiger partial charge in [-0.3, -0.25) is 10.1 Å². The van der Waals surface area contributed by atoms with Gasteiger partial charge in [-0.25, -0.2) is 0 Å². The van der Waals surface area contributed by atoms with E-state index >= 15 is 0 Å². The SMILES string of the molecule is CO[C@H]1CCC[C@@]1(N[C@@H](C)c1ccccc1)C(N)=O. The first-order valence-corrected chi connectivity index (χ1v) is 6.75. The van der Waals surface area contributed by atoms with Gasteiger partial charge in [0, 0.05) is 13.2 Å². The van der Waals surface area contributed by atoms with E-state index in [1.807, 2.05) is 37.3 Å². The second kappa shape index (κ2) is 5.72. The van der Waals surface area contributed by atoms with Crippen LogP contribution in [-0.2, 0) is 9.53 Å². The molecule has 0 aliphatic heterocycles. The zero-order valence-electron chi connectivity index (χ0n) is 11.6. The number of carbonyl (C=O) groups is 1. The summed E-state index contributed by atoms with van der Waals surface area (Å²) in [5.41, 5.74) is 6.04. The predicted octanol–water partition coefficient (Wildman–Crippen LogP) is 1.76. The molecule has 1 aromatic carbocycles. The second-order valence-corrected chi connectivity index (χ2v) is 5.23. The number of carbonyl (C=O) groups excluding carboxylic acids is 1. The van der Waals surface area contributed by atoms with E-state index in [0.29, 0.717) is 0 Å². The van der Waals surface area contributed by atoms with Gasteiger partial charge in [0.15, 0.2) is 0 Å². The molecule has 0 bridgehead atoms. The minimum atomic E-state index is -0.746. The smallest absolute Gasteiger partial charge is 0.240 e. The Balaban J connectivity index is 2.20. The van der Waals surface area contributed by atoms with E-state index in [4.69, 9.17) is 10.5 Å². The maximum absolute atomic E-state index is 11.9. The Morgan fingerprint density at radius 2 is 2.16 bits per heavy atom. The van der Waals surface area contributed by atoms with E-state index in [0.717, 1.165) is 24.8 Å². The quantitative estimate of drug-likeness (QED) is 0.850. The molecule has 0 spiro atoms. The number of nitrogens with one attached hydrogen (secondary N) is 1. The van der Waals surface area contributed by atoms with Gasteiger partial charge in [0.1, 0.15) is 5.54 Å². The molecule has 0 saturated heterocycles. The molecule has 4 heteroatoms. The number of hydrogen-bond acceptors (Lipinski definition) is 3. The molecule has 104 valence electrons. The normalized spacial score (nSPS) is 28.2. The molecule has 1 aliphatic rings. The summed E-state index contributed by atoms with van der Waals surface area (Å²) in [6, 6.07) is 10.1. The summed E-state index contributed by atoms with van der Waals surface area (Å²) in [5, 5.41) is 3.41. The monoisotopic (exact) mass is 262 g/mol. The Labute approximate surface area is 114 Å². The fraction of sp³-hybridized carbons (Fsp3) is 0.533. The summed E-state index contributed by atoms with van der Waals surface area (Å²) in [4.78, 5) is 11.9. The highest BCUT2D eigenvalue weighted by atomic mass is 16.5. The van der Waals surface area contributed by atoms with Crippen LogP contribution in [0.3, 0.4) is 0 Å². The van der Waals surface area contributed by atoms with Crippen LogP contribution in [0.15, 0.2) is 30.3 Å². The van der Waals surface area contributed by atoms with Gasteiger partial charge in [-0.05, 0) is 31.7 Å². The van der Waals surface area contributed by atoms with Crippen molar-refractivity contribution in [2.24, 2.45) is 5.73 Å². The lowest BCUT2D eigenvalue weighted by molar-refractivity contribution is -0.129. The predicted molar refractivity (Wildman–Crippen MR) is 74.6 cm³/mol. The number of benzene rings is 1. The number of nitrogens with two attached hydrogens (primary N) is 1. The van der Waals surface area contributed by atoms with E-state index < -0.39 is 5.54 Å². The lowest BCUT2D eigenvalue weighted by atomic mass is 9.91. The molecule has 4 nitrogen and oxygen atoms in total. The third kappa shape index (κ3) is 2.65. The summed E-state index contributed by atoms with van der Waals surface area (Å²) in [5.74, 6) is -0.320. The minimum absolute atomic E-state index is 0.0597. The van der Waals surface area contributed by atoms with Crippen LogP contribution in [0.1, 0.15) is 37.8 Å². The van der Waals surface area contributed by atoms with Crippen LogP contribution in [0.5, 0.6) is 0 Å². The molecule has 1 fully saturated rings. The zero-order chi connectivity index (χ0) is 13.9. The van der Waals surface area contributed by atoms with Crippen LogP contribution >= 0.6 is 0 Å². The minimum Gasteiger partial charge on any atom is -0.379 e. The summed E-state index contributed by atoms with van der Waals surface area (Å²) < 4.78 is 5.46. The van der Waals surface area contributed by atoms with E-state index in [2.05, 4.69) is 5.32 Å². The Morgan fingerprint density at radius 3 is 2.74 bits per heavy atom. The molecular weight excluding hydrogens is 240 g/mol. The maximum Gasteiger partial charge on any atom is 0.240 e. The van der Waals surface area contributed by atoms with Gasteiger partial charge in [0.25, 0.3) is 0 Å². The van der Waals surface area contributed by atoms with Crippen molar-refractivity contribution < 1.29 is 9.53 Å². The molecule has 0 unspecified atom stereocenters. The van der Waals surface area contributed by atoms with Crippen LogP contribution < -0.4 is 11.1 Å². The fourth-order valence-corrected chi connectivity index (χ4v) is 3.02. The Bertz CT molecular complexity index is 435. The Morgan fingerprint density at radius 1 is 1.47 bits per heavy atom. The van der Waals surface area contributed by atoms with Crippen LogP contribution in [-0.4, -0.2) is 24.7 Å². The first kappa shape index (κ1) is 14.0. The number of primary amides is 1. The van der Waals surface area contributed by atoms with Crippen LogP contribution in [0.25, 0.3) is 0 Å². The summed E-state index contributed by atoms with van der Waals surface area (Å²) in [6.45, 7) is 2.05. The lowest BCUT2D eigenvalue weighted by Gasteiger charge is -2.35. The van der Waals surface area contributed by atoms with E-state index in [1.165, 1.54) is 0 Å².